The van der Waals surface area contributed by atoms with Gasteiger partial charge in [-0.25, -0.2) is 4.79 Å². The van der Waals surface area contributed by atoms with E-state index in [1.165, 1.54) is 5.56 Å². The van der Waals surface area contributed by atoms with Crippen molar-refractivity contribution in [3.63, 3.8) is 0 Å². The summed E-state index contributed by atoms with van der Waals surface area (Å²) in [5, 5.41) is 7.43. The van der Waals surface area contributed by atoms with Gasteiger partial charge < -0.3 is 15.0 Å². The van der Waals surface area contributed by atoms with Gasteiger partial charge in [-0.05, 0) is 12.0 Å². The Morgan fingerprint density at radius 3 is 2.92 bits per heavy atom. The van der Waals surface area contributed by atoms with Gasteiger partial charge in [0.15, 0.2) is 0 Å². The number of hydrogen-bond donors (Lipinski definition) is 1. The first-order valence-electron chi connectivity index (χ1n) is 8.85. The SMILES string of the molecule is CCc1nn(C)cc1CNC(=O)N1CCOC(Cc2ccccc2)C1. The second kappa shape index (κ2) is 8.16. The summed E-state index contributed by atoms with van der Waals surface area (Å²) in [5.41, 5.74) is 3.34. The fourth-order valence-corrected chi connectivity index (χ4v) is 3.22. The van der Waals surface area contributed by atoms with E-state index in [1.54, 1.807) is 4.68 Å². The molecular formula is C19H26N4O2. The van der Waals surface area contributed by atoms with Crippen molar-refractivity contribution in [2.45, 2.75) is 32.4 Å². The molecule has 1 saturated heterocycles. The highest BCUT2D eigenvalue weighted by molar-refractivity contribution is 5.74. The molecule has 6 heteroatoms. The molecule has 1 unspecified atom stereocenters. The van der Waals surface area contributed by atoms with Crippen LogP contribution < -0.4 is 5.32 Å². The Morgan fingerprint density at radius 2 is 2.16 bits per heavy atom. The highest BCUT2D eigenvalue weighted by Crippen LogP contribution is 2.12. The first kappa shape index (κ1) is 17.5. The minimum Gasteiger partial charge on any atom is -0.374 e. The fourth-order valence-electron chi connectivity index (χ4n) is 3.22. The van der Waals surface area contributed by atoms with E-state index >= 15 is 0 Å². The fraction of sp³-hybridized carbons (Fsp3) is 0.474. The van der Waals surface area contributed by atoms with Crippen LogP contribution in [0.25, 0.3) is 0 Å². The zero-order valence-corrected chi connectivity index (χ0v) is 14.9. The van der Waals surface area contributed by atoms with Crippen LogP contribution in [0.5, 0.6) is 0 Å². The van der Waals surface area contributed by atoms with Crippen LogP contribution >= 0.6 is 0 Å². The van der Waals surface area contributed by atoms with Crippen LogP contribution in [0.4, 0.5) is 4.79 Å². The summed E-state index contributed by atoms with van der Waals surface area (Å²) in [6, 6.07) is 10.2. The lowest BCUT2D eigenvalue weighted by molar-refractivity contribution is -0.0133. The topological polar surface area (TPSA) is 59.4 Å². The molecule has 6 nitrogen and oxygen atoms in total. The normalized spacial score (nSPS) is 17.5. The van der Waals surface area contributed by atoms with Gasteiger partial charge in [0.05, 0.1) is 18.4 Å². The Kier molecular flexibility index (Phi) is 5.71. The van der Waals surface area contributed by atoms with Crippen molar-refractivity contribution in [1.29, 1.82) is 0 Å². The molecule has 25 heavy (non-hydrogen) atoms. The summed E-state index contributed by atoms with van der Waals surface area (Å²) < 4.78 is 7.63. The summed E-state index contributed by atoms with van der Waals surface area (Å²) >= 11 is 0. The second-order valence-electron chi connectivity index (χ2n) is 6.42. The van der Waals surface area contributed by atoms with Gasteiger partial charge in [-0.1, -0.05) is 37.3 Å². The largest absolute Gasteiger partial charge is 0.374 e. The van der Waals surface area contributed by atoms with E-state index in [1.807, 2.05) is 36.3 Å². The highest BCUT2D eigenvalue weighted by atomic mass is 16.5. The minimum atomic E-state index is -0.0349. The predicted octanol–water partition coefficient (Wildman–Crippen LogP) is 2.14. The molecule has 1 aromatic carbocycles. The number of amides is 2. The average Bonchev–Trinajstić information content (AvgIpc) is 3.00. The quantitative estimate of drug-likeness (QED) is 0.906. The molecule has 1 aliphatic rings. The van der Waals surface area contributed by atoms with Gasteiger partial charge in [0.1, 0.15) is 0 Å². The van der Waals surface area contributed by atoms with Gasteiger partial charge in [0, 0.05) is 44.9 Å². The summed E-state index contributed by atoms with van der Waals surface area (Å²) in [4.78, 5) is 14.4. The van der Waals surface area contributed by atoms with Crippen LogP contribution in [0.1, 0.15) is 23.7 Å². The van der Waals surface area contributed by atoms with Gasteiger partial charge in [-0.2, -0.15) is 5.10 Å². The van der Waals surface area contributed by atoms with Gasteiger partial charge in [-0.3, -0.25) is 4.68 Å². The molecule has 1 fully saturated rings. The van der Waals surface area contributed by atoms with Gasteiger partial charge in [-0.15, -0.1) is 0 Å². The summed E-state index contributed by atoms with van der Waals surface area (Å²) in [6.45, 7) is 4.41. The van der Waals surface area contributed by atoms with E-state index < -0.39 is 0 Å². The van der Waals surface area contributed by atoms with Crippen LogP contribution in [0.15, 0.2) is 36.5 Å². The number of aryl methyl sites for hydroxylation is 2. The molecule has 2 amide bonds. The molecule has 1 atom stereocenters. The lowest BCUT2D eigenvalue weighted by Crippen LogP contribution is -2.50. The molecule has 0 radical (unpaired) electrons. The maximum atomic E-state index is 12.5. The highest BCUT2D eigenvalue weighted by Gasteiger charge is 2.24. The van der Waals surface area contributed by atoms with E-state index in [4.69, 9.17) is 4.74 Å². The molecule has 1 aliphatic heterocycles. The molecule has 1 N–H and O–H groups in total. The minimum absolute atomic E-state index is 0.0349. The molecule has 0 saturated carbocycles. The van der Waals surface area contributed by atoms with E-state index in [0.717, 1.165) is 24.1 Å². The Morgan fingerprint density at radius 1 is 1.36 bits per heavy atom. The lowest BCUT2D eigenvalue weighted by atomic mass is 10.1. The predicted molar refractivity (Wildman–Crippen MR) is 96.3 cm³/mol. The molecule has 1 aromatic heterocycles. The van der Waals surface area contributed by atoms with E-state index in [9.17, 15) is 4.79 Å². The van der Waals surface area contributed by atoms with Crippen molar-refractivity contribution in [1.82, 2.24) is 20.0 Å². The van der Waals surface area contributed by atoms with Crippen LogP contribution in [0.2, 0.25) is 0 Å². The Balaban J connectivity index is 1.53. The number of urea groups is 1. The zero-order valence-electron chi connectivity index (χ0n) is 14.9. The standard InChI is InChI=1S/C19H26N4O2/c1-3-18-16(13-22(2)21-18)12-20-19(24)23-9-10-25-17(14-23)11-15-7-5-4-6-8-15/h4-8,13,17H,3,9-12,14H2,1-2H3,(H,20,24). The number of aromatic nitrogens is 2. The molecule has 0 aliphatic carbocycles. The van der Waals surface area contributed by atoms with Crippen LogP contribution in [-0.2, 0) is 31.2 Å². The average molecular weight is 342 g/mol. The number of morpholine rings is 1. The second-order valence-corrected chi connectivity index (χ2v) is 6.42. The number of carbonyl (C=O) groups excluding carboxylic acids is 1. The third-order valence-electron chi connectivity index (χ3n) is 4.49. The van der Waals surface area contributed by atoms with E-state index in [-0.39, 0.29) is 12.1 Å². The van der Waals surface area contributed by atoms with E-state index in [2.05, 4.69) is 29.5 Å². The van der Waals surface area contributed by atoms with Crippen molar-refractivity contribution >= 4 is 6.03 Å². The zero-order chi connectivity index (χ0) is 17.6. The van der Waals surface area contributed by atoms with E-state index in [0.29, 0.717) is 26.2 Å². The van der Waals surface area contributed by atoms with Crippen molar-refractivity contribution in [3.05, 3.63) is 53.3 Å². The Labute approximate surface area is 148 Å². The maximum absolute atomic E-state index is 12.5. The number of rotatable bonds is 5. The maximum Gasteiger partial charge on any atom is 0.317 e. The first-order valence-corrected chi connectivity index (χ1v) is 8.85. The van der Waals surface area contributed by atoms with Gasteiger partial charge >= 0.3 is 6.03 Å². The first-order chi connectivity index (χ1) is 12.2. The molecule has 3 rings (SSSR count). The number of carbonyl (C=O) groups is 1. The number of benzene rings is 1. The summed E-state index contributed by atoms with van der Waals surface area (Å²) in [5.74, 6) is 0. The number of nitrogens with zero attached hydrogens (tertiary/aromatic N) is 3. The summed E-state index contributed by atoms with van der Waals surface area (Å²) in [6.07, 6.45) is 3.71. The number of ether oxygens (including phenoxy) is 1. The monoisotopic (exact) mass is 342 g/mol. The Bertz CT molecular complexity index is 699. The van der Waals surface area contributed by atoms with Crippen molar-refractivity contribution in [2.75, 3.05) is 19.7 Å². The molecular weight excluding hydrogens is 316 g/mol. The number of nitrogens with one attached hydrogen (secondary N) is 1. The summed E-state index contributed by atoms with van der Waals surface area (Å²) in [7, 11) is 1.90. The van der Waals surface area contributed by atoms with Crippen molar-refractivity contribution in [2.24, 2.45) is 7.05 Å². The van der Waals surface area contributed by atoms with Crippen molar-refractivity contribution < 1.29 is 9.53 Å². The van der Waals surface area contributed by atoms with Crippen LogP contribution in [0, 0.1) is 0 Å². The van der Waals surface area contributed by atoms with Gasteiger partial charge in [0.25, 0.3) is 0 Å². The third-order valence-corrected chi connectivity index (χ3v) is 4.49. The molecule has 2 heterocycles. The molecule has 0 bridgehead atoms. The third kappa shape index (κ3) is 4.60. The molecule has 0 spiro atoms. The van der Waals surface area contributed by atoms with Crippen LogP contribution in [0.3, 0.4) is 0 Å². The van der Waals surface area contributed by atoms with Crippen LogP contribution in [-0.4, -0.2) is 46.5 Å². The number of hydrogen-bond acceptors (Lipinski definition) is 3. The Hall–Kier alpha value is -2.34. The lowest BCUT2D eigenvalue weighted by Gasteiger charge is -2.33. The molecule has 2 aromatic rings. The molecule has 134 valence electrons. The van der Waals surface area contributed by atoms with Crippen molar-refractivity contribution in [3.8, 4) is 0 Å². The van der Waals surface area contributed by atoms with Gasteiger partial charge in [0.2, 0.25) is 0 Å². The smallest absolute Gasteiger partial charge is 0.317 e.